The maximum atomic E-state index is 12.4. The Morgan fingerprint density at radius 2 is 1.83 bits per heavy atom. The van der Waals surface area contributed by atoms with E-state index in [-0.39, 0.29) is 23.9 Å². The third-order valence-corrected chi connectivity index (χ3v) is 4.03. The van der Waals surface area contributed by atoms with Crippen molar-refractivity contribution in [1.29, 1.82) is 0 Å². The molecule has 0 atom stereocenters. The van der Waals surface area contributed by atoms with E-state index in [9.17, 15) is 9.59 Å². The number of carbonyl (C=O) groups is 2. The van der Waals surface area contributed by atoms with Gasteiger partial charge in [-0.05, 0) is 51.8 Å². The summed E-state index contributed by atoms with van der Waals surface area (Å²) in [5, 5.41) is 9.09. The molecule has 0 bridgehead atoms. The Morgan fingerprint density at radius 3 is 2.50 bits per heavy atom. The molecule has 0 heterocycles. The van der Waals surface area contributed by atoms with E-state index in [1.807, 2.05) is 32.9 Å². The van der Waals surface area contributed by atoms with Crippen molar-refractivity contribution in [2.24, 2.45) is 0 Å². The first-order chi connectivity index (χ1) is 11.3. The molecule has 0 spiro atoms. The zero-order chi connectivity index (χ0) is 17.6. The third-order valence-electron chi connectivity index (χ3n) is 4.03. The van der Waals surface area contributed by atoms with Crippen molar-refractivity contribution in [3.63, 3.8) is 0 Å². The summed E-state index contributed by atoms with van der Waals surface area (Å²) in [4.78, 5) is 24.2. The average Bonchev–Trinajstić information content (AvgIpc) is 2.52. The summed E-state index contributed by atoms with van der Waals surface area (Å²) in [7, 11) is 0. The van der Waals surface area contributed by atoms with E-state index in [0.29, 0.717) is 11.6 Å². The lowest BCUT2D eigenvalue weighted by Crippen LogP contribution is -2.43. The molecule has 2 amide bonds. The van der Waals surface area contributed by atoms with E-state index in [0.717, 1.165) is 18.5 Å². The Kier molecular flexibility index (Phi) is 6.23. The lowest BCUT2D eigenvalue weighted by Gasteiger charge is -2.23. The minimum Gasteiger partial charge on any atom is -0.376 e. The number of nitrogens with one attached hydrogen (secondary N) is 3. The second kappa shape index (κ2) is 8.18. The first kappa shape index (κ1) is 18.3. The Morgan fingerprint density at radius 1 is 1.12 bits per heavy atom. The van der Waals surface area contributed by atoms with Crippen LogP contribution in [0.4, 0.5) is 5.69 Å². The molecule has 24 heavy (non-hydrogen) atoms. The molecular formula is C19H29N3O2. The first-order valence-corrected chi connectivity index (χ1v) is 8.79. The molecule has 1 aliphatic rings. The maximum Gasteiger partial charge on any atom is 0.251 e. The van der Waals surface area contributed by atoms with Crippen molar-refractivity contribution < 1.29 is 9.59 Å². The van der Waals surface area contributed by atoms with Gasteiger partial charge in [-0.25, -0.2) is 0 Å². The molecule has 0 radical (unpaired) electrons. The molecule has 1 aliphatic carbocycles. The molecule has 5 nitrogen and oxygen atoms in total. The van der Waals surface area contributed by atoms with Crippen molar-refractivity contribution in [2.75, 3.05) is 11.9 Å². The summed E-state index contributed by atoms with van der Waals surface area (Å²) in [6, 6.07) is 7.59. The van der Waals surface area contributed by atoms with Gasteiger partial charge in [0.2, 0.25) is 5.91 Å². The molecule has 1 saturated carbocycles. The van der Waals surface area contributed by atoms with Crippen LogP contribution in [0.5, 0.6) is 0 Å². The second-order valence-corrected chi connectivity index (χ2v) is 7.54. The Balaban J connectivity index is 1.88. The van der Waals surface area contributed by atoms with Gasteiger partial charge in [0.05, 0.1) is 6.54 Å². The normalized spacial score (nSPS) is 15.6. The standard InChI is InChI=1S/C19H29N3O2/c1-19(2,3)22-17(23)13-20-16-11-7-8-14(12-16)18(24)21-15-9-5-4-6-10-15/h7-8,11-12,15,20H,4-6,9-10,13H2,1-3H3,(H,21,24)(H,22,23). The van der Waals surface area contributed by atoms with Crippen molar-refractivity contribution in [2.45, 2.75) is 64.5 Å². The average molecular weight is 331 g/mol. The predicted octanol–water partition coefficient (Wildman–Crippen LogP) is 3.08. The number of carbonyl (C=O) groups excluding carboxylic acids is 2. The summed E-state index contributed by atoms with van der Waals surface area (Å²) in [6.45, 7) is 6.02. The summed E-state index contributed by atoms with van der Waals surface area (Å²) in [6.07, 6.45) is 5.78. The van der Waals surface area contributed by atoms with Gasteiger partial charge in [-0.15, -0.1) is 0 Å². The number of benzene rings is 1. The van der Waals surface area contributed by atoms with Gasteiger partial charge < -0.3 is 16.0 Å². The Hall–Kier alpha value is -2.04. The van der Waals surface area contributed by atoms with Gasteiger partial charge >= 0.3 is 0 Å². The van der Waals surface area contributed by atoms with E-state index in [4.69, 9.17) is 0 Å². The molecule has 0 unspecified atom stereocenters. The number of hydrogen-bond donors (Lipinski definition) is 3. The molecule has 1 aromatic rings. The van der Waals surface area contributed by atoms with Crippen molar-refractivity contribution in [1.82, 2.24) is 10.6 Å². The van der Waals surface area contributed by atoms with Crippen LogP contribution in [0, 0.1) is 0 Å². The largest absolute Gasteiger partial charge is 0.376 e. The summed E-state index contributed by atoms with van der Waals surface area (Å²) >= 11 is 0. The number of anilines is 1. The number of hydrogen-bond acceptors (Lipinski definition) is 3. The molecule has 0 saturated heterocycles. The lowest BCUT2D eigenvalue weighted by molar-refractivity contribution is -0.120. The molecule has 1 fully saturated rings. The SMILES string of the molecule is CC(C)(C)NC(=O)CNc1cccc(C(=O)NC2CCCCC2)c1. The van der Waals surface area contributed by atoms with E-state index in [1.165, 1.54) is 19.3 Å². The van der Waals surface area contributed by atoms with Gasteiger partial charge in [0.1, 0.15) is 0 Å². The Bertz CT molecular complexity index is 572. The van der Waals surface area contributed by atoms with Crippen molar-refractivity contribution in [3.05, 3.63) is 29.8 Å². The highest BCUT2D eigenvalue weighted by atomic mass is 16.2. The summed E-state index contributed by atoms with van der Waals surface area (Å²) in [5.41, 5.74) is 1.15. The zero-order valence-corrected chi connectivity index (χ0v) is 14.9. The highest BCUT2D eigenvalue weighted by molar-refractivity contribution is 5.95. The molecule has 1 aromatic carbocycles. The van der Waals surface area contributed by atoms with Gasteiger partial charge in [0.15, 0.2) is 0 Å². The van der Waals surface area contributed by atoms with Gasteiger partial charge in [0.25, 0.3) is 5.91 Å². The van der Waals surface area contributed by atoms with Crippen LogP contribution >= 0.6 is 0 Å². The maximum absolute atomic E-state index is 12.4. The summed E-state index contributed by atoms with van der Waals surface area (Å²) in [5.74, 6) is -0.107. The summed E-state index contributed by atoms with van der Waals surface area (Å²) < 4.78 is 0. The molecule has 3 N–H and O–H groups in total. The highest BCUT2D eigenvalue weighted by Crippen LogP contribution is 2.18. The fourth-order valence-corrected chi connectivity index (χ4v) is 2.93. The van der Waals surface area contributed by atoms with Crippen LogP contribution in [0.1, 0.15) is 63.2 Å². The zero-order valence-electron chi connectivity index (χ0n) is 14.9. The molecule has 0 aromatic heterocycles. The number of rotatable bonds is 5. The molecule has 0 aliphatic heterocycles. The molecule has 5 heteroatoms. The fourth-order valence-electron chi connectivity index (χ4n) is 2.93. The molecule has 2 rings (SSSR count). The smallest absolute Gasteiger partial charge is 0.251 e. The van der Waals surface area contributed by atoms with E-state index in [2.05, 4.69) is 16.0 Å². The van der Waals surface area contributed by atoms with Crippen LogP contribution in [0.3, 0.4) is 0 Å². The molecular weight excluding hydrogens is 302 g/mol. The molecule has 132 valence electrons. The van der Waals surface area contributed by atoms with Crippen LogP contribution in [0.25, 0.3) is 0 Å². The predicted molar refractivity (Wildman–Crippen MR) is 97.2 cm³/mol. The van der Waals surface area contributed by atoms with Gasteiger partial charge in [-0.1, -0.05) is 25.3 Å². The Labute approximate surface area is 144 Å². The van der Waals surface area contributed by atoms with Gasteiger partial charge in [-0.2, -0.15) is 0 Å². The van der Waals surface area contributed by atoms with Crippen molar-refractivity contribution in [3.8, 4) is 0 Å². The van der Waals surface area contributed by atoms with E-state index in [1.54, 1.807) is 12.1 Å². The van der Waals surface area contributed by atoms with Crippen LogP contribution in [-0.2, 0) is 4.79 Å². The quantitative estimate of drug-likeness (QED) is 0.776. The van der Waals surface area contributed by atoms with Gasteiger partial charge in [-0.3, -0.25) is 9.59 Å². The van der Waals surface area contributed by atoms with Gasteiger partial charge in [0, 0.05) is 22.8 Å². The van der Waals surface area contributed by atoms with E-state index >= 15 is 0 Å². The topological polar surface area (TPSA) is 70.2 Å². The second-order valence-electron chi connectivity index (χ2n) is 7.54. The third kappa shape index (κ3) is 6.22. The van der Waals surface area contributed by atoms with Crippen LogP contribution in [0.2, 0.25) is 0 Å². The van der Waals surface area contributed by atoms with Crippen LogP contribution in [-0.4, -0.2) is 29.9 Å². The van der Waals surface area contributed by atoms with Crippen LogP contribution in [0.15, 0.2) is 24.3 Å². The van der Waals surface area contributed by atoms with E-state index < -0.39 is 0 Å². The van der Waals surface area contributed by atoms with Crippen LogP contribution < -0.4 is 16.0 Å². The van der Waals surface area contributed by atoms with Crippen molar-refractivity contribution >= 4 is 17.5 Å². The minimum atomic E-state index is -0.250. The minimum absolute atomic E-state index is 0.0373. The lowest BCUT2D eigenvalue weighted by atomic mass is 9.95. The fraction of sp³-hybridized carbons (Fsp3) is 0.579. The monoisotopic (exact) mass is 331 g/mol. The highest BCUT2D eigenvalue weighted by Gasteiger charge is 2.17. The first-order valence-electron chi connectivity index (χ1n) is 8.79. The number of amides is 2.